The minimum Gasteiger partial charge on any atom is -0.366 e. The van der Waals surface area contributed by atoms with E-state index in [1.807, 2.05) is 25.7 Å². The van der Waals surface area contributed by atoms with Crippen molar-refractivity contribution in [2.45, 2.75) is 58.2 Å². The summed E-state index contributed by atoms with van der Waals surface area (Å²) >= 11 is 0. The highest BCUT2D eigenvalue weighted by Crippen LogP contribution is 2.35. The minimum absolute atomic E-state index is 0.00101. The maximum absolute atomic E-state index is 14.0. The van der Waals surface area contributed by atoms with E-state index in [-0.39, 0.29) is 23.7 Å². The number of likely N-dealkylation sites (tertiary alicyclic amines) is 1. The average Bonchev–Trinajstić information content (AvgIpc) is 3.13. The molecule has 0 aliphatic carbocycles. The molecule has 30 heavy (non-hydrogen) atoms. The molecule has 3 rings (SSSR count). The summed E-state index contributed by atoms with van der Waals surface area (Å²) in [7, 11) is 0. The predicted molar refractivity (Wildman–Crippen MR) is 109 cm³/mol. The zero-order valence-electron chi connectivity index (χ0n) is 17.5. The van der Waals surface area contributed by atoms with Crippen LogP contribution in [0, 0.1) is 17.5 Å². The van der Waals surface area contributed by atoms with E-state index < -0.39 is 23.4 Å². The van der Waals surface area contributed by atoms with Crippen molar-refractivity contribution in [2.75, 3.05) is 18.4 Å². The summed E-state index contributed by atoms with van der Waals surface area (Å²) < 4.78 is 43.3. The van der Waals surface area contributed by atoms with Gasteiger partial charge in [-0.2, -0.15) is 5.10 Å². The molecule has 1 aliphatic rings. The second-order valence-corrected chi connectivity index (χ2v) is 8.18. The Morgan fingerprint density at radius 1 is 1.23 bits per heavy atom. The lowest BCUT2D eigenvalue weighted by molar-refractivity contribution is 0.0891. The first-order valence-electron chi connectivity index (χ1n) is 10.2. The van der Waals surface area contributed by atoms with E-state index in [1.54, 1.807) is 10.9 Å². The first-order chi connectivity index (χ1) is 14.2. The van der Waals surface area contributed by atoms with Crippen LogP contribution in [0.25, 0.3) is 0 Å². The molecule has 1 aliphatic heterocycles. The highest BCUT2D eigenvalue weighted by Gasteiger charge is 2.37. The maximum atomic E-state index is 14.0. The zero-order valence-corrected chi connectivity index (χ0v) is 17.5. The molecule has 1 fully saturated rings. The van der Waals surface area contributed by atoms with Gasteiger partial charge >= 0.3 is 0 Å². The molecule has 0 atom stereocenters. The lowest BCUT2D eigenvalue weighted by atomic mass is 9.85. The van der Waals surface area contributed by atoms with Gasteiger partial charge in [0, 0.05) is 37.4 Å². The highest BCUT2D eigenvalue weighted by molar-refractivity contribution is 5.97. The van der Waals surface area contributed by atoms with Crippen LogP contribution in [0.5, 0.6) is 0 Å². The number of hydrogen-bond donors (Lipinski definition) is 2. The van der Waals surface area contributed by atoms with Crippen LogP contribution in [-0.4, -0.2) is 39.7 Å². The van der Waals surface area contributed by atoms with Crippen molar-refractivity contribution in [3.05, 3.63) is 46.9 Å². The fraction of sp³-hybridized carbons (Fsp3) is 0.524. The fourth-order valence-corrected chi connectivity index (χ4v) is 3.99. The molecule has 0 spiro atoms. The van der Waals surface area contributed by atoms with Gasteiger partial charge < -0.3 is 11.1 Å². The van der Waals surface area contributed by atoms with Crippen LogP contribution in [0.4, 0.5) is 19.0 Å². The molecule has 9 heteroatoms. The van der Waals surface area contributed by atoms with Crippen molar-refractivity contribution in [2.24, 2.45) is 5.73 Å². The van der Waals surface area contributed by atoms with Crippen LogP contribution in [0.15, 0.2) is 18.3 Å². The van der Waals surface area contributed by atoms with E-state index in [1.165, 1.54) is 0 Å². The Hall–Kier alpha value is -2.55. The van der Waals surface area contributed by atoms with Crippen molar-refractivity contribution in [3.8, 4) is 0 Å². The fourth-order valence-electron chi connectivity index (χ4n) is 3.99. The Bertz CT molecular complexity index is 920. The van der Waals surface area contributed by atoms with E-state index in [0.29, 0.717) is 37.3 Å². The lowest BCUT2D eigenvalue weighted by Gasteiger charge is -2.41. The molecule has 0 saturated carbocycles. The number of piperidine rings is 1. The number of halogens is 3. The summed E-state index contributed by atoms with van der Waals surface area (Å²) in [6.07, 6.45) is 3.79. The number of nitrogens with two attached hydrogens (primary N) is 1. The number of nitrogens with zero attached hydrogens (tertiary/aromatic N) is 3. The Balaban J connectivity index is 1.79. The van der Waals surface area contributed by atoms with Crippen molar-refractivity contribution in [1.82, 2.24) is 14.7 Å². The summed E-state index contributed by atoms with van der Waals surface area (Å²) in [5.41, 5.74) is 5.27. The summed E-state index contributed by atoms with van der Waals surface area (Å²) in [6.45, 7) is 7.05. The quantitative estimate of drug-likeness (QED) is 0.667. The van der Waals surface area contributed by atoms with E-state index in [4.69, 9.17) is 5.73 Å². The van der Waals surface area contributed by atoms with Gasteiger partial charge in [-0.3, -0.25) is 14.4 Å². The first-order valence-corrected chi connectivity index (χ1v) is 10.2. The number of rotatable bonds is 7. The largest absolute Gasteiger partial charge is 0.366 e. The highest BCUT2D eigenvalue weighted by atomic mass is 19.2. The molecule has 1 aromatic heterocycles. The second-order valence-electron chi connectivity index (χ2n) is 8.18. The Labute approximate surface area is 174 Å². The first kappa shape index (κ1) is 22.1. The second kappa shape index (κ2) is 8.67. The standard InChI is InChI=1S/C21H28F3N5O/c1-4-21(29-12-15(19(25)30)20(27-29)26-13(2)3)7-9-28(10-8-21)11-14-16(22)5-6-17(23)18(14)24/h5-6,12-13H,4,7-11H2,1-3H3,(H2,25,30)(H,26,27). The monoisotopic (exact) mass is 423 g/mol. The number of carbonyl (C=O) groups is 1. The van der Waals surface area contributed by atoms with Gasteiger partial charge in [-0.25, -0.2) is 13.2 Å². The van der Waals surface area contributed by atoms with Crippen LogP contribution in [0.3, 0.4) is 0 Å². The number of hydrogen-bond acceptors (Lipinski definition) is 4. The summed E-state index contributed by atoms with van der Waals surface area (Å²) in [4.78, 5) is 13.8. The maximum Gasteiger partial charge on any atom is 0.254 e. The number of benzene rings is 1. The van der Waals surface area contributed by atoms with Gasteiger partial charge in [-0.15, -0.1) is 0 Å². The normalized spacial score (nSPS) is 16.8. The zero-order chi connectivity index (χ0) is 22.1. The van der Waals surface area contributed by atoms with Gasteiger partial charge in [0.05, 0.1) is 5.54 Å². The van der Waals surface area contributed by atoms with Crippen molar-refractivity contribution >= 4 is 11.7 Å². The Morgan fingerprint density at radius 2 is 1.87 bits per heavy atom. The SMILES string of the molecule is CCC1(n2cc(C(N)=O)c(NC(C)C)n2)CCN(Cc2c(F)ccc(F)c2F)CC1. The average molecular weight is 423 g/mol. The van der Waals surface area contributed by atoms with Gasteiger partial charge in [0.15, 0.2) is 17.5 Å². The molecule has 3 N–H and O–H groups in total. The lowest BCUT2D eigenvalue weighted by Crippen LogP contribution is -2.46. The molecular formula is C21H28F3N5O. The summed E-state index contributed by atoms with van der Waals surface area (Å²) in [6, 6.07) is 1.83. The third-order valence-corrected chi connectivity index (χ3v) is 5.86. The third kappa shape index (κ3) is 4.30. The number of primary amides is 1. The van der Waals surface area contributed by atoms with Crippen molar-refractivity contribution in [1.29, 1.82) is 0 Å². The van der Waals surface area contributed by atoms with E-state index in [9.17, 15) is 18.0 Å². The number of anilines is 1. The Morgan fingerprint density at radius 3 is 2.43 bits per heavy atom. The smallest absolute Gasteiger partial charge is 0.254 e. The summed E-state index contributed by atoms with van der Waals surface area (Å²) in [5.74, 6) is -3.03. The van der Waals surface area contributed by atoms with Crippen LogP contribution in [-0.2, 0) is 12.1 Å². The van der Waals surface area contributed by atoms with Crippen LogP contribution in [0.1, 0.15) is 56.0 Å². The van der Waals surface area contributed by atoms with Crippen molar-refractivity contribution in [3.63, 3.8) is 0 Å². The van der Waals surface area contributed by atoms with Gasteiger partial charge in [-0.1, -0.05) is 6.92 Å². The number of amides is 1. The van der Waals surface area contributed by atoms with Gasteiger partial charge in [0.2, 0.25) is 0 Å². The molecule has 164 valence electrons. The van der Waals surface area contributed by atoms with Crippen LogP contribution < -0.4 is 11.1 Å². The van der Waals surface area contributed by atoms with Crippen LogP contribution >= 0.6 is 0 Å². The van der Waals surface area contributed by atoms with Gasteiger partial charge in [0.1, 0.15) is 11.4 Å². The van der Waals surface area contributed by atoms with Gasteiger partial charge in [0.25, 0.3) is 5.91 Å². The predicted octanol–water partition coefficient (Wildman–Crippen LogP) is 3.62. The van der Waals surface area contributed by atoms with E-state index >= 15 is 0 Å². The number of aromatic nitrogens is 2. The van der Waals surface area contributed by atoms with E-state index in [2.05, 4.69) is 10.4 Å². The molecule has 6 nitrogen and oxygen atoms in total. The molecule has 1 saturated heterocycles. The third-order valence-electron chi connectivity index (χ3n) is 5.86. The molecule has 2 heterocycles. The summed E-state index contributed by atoms with van der Waals surface area (Å²) in [5, 5.41) is 7.76. The topological polar surface area (TPSA) is 76.2 Å². The number of nitrogens with one attached hydrogen (secondary N) is 1. The van der Waals surface area contributed by atoms with Crippen LogP contribution in [0.2, 0.25) is 0 Å². The number of carbonyl (C=O) groups excluding carboxylic acids is 1. The molecule has 1 amide bonds. The molecule has 0 bridgehead atoms. The van der Waals surface area contributed by atoms with E-state index in [0.717, 1.165) is 18.6 Å². The molecule has 2 aromatic rings. The van der Waals surface area contributed by atoms with Crippen molar-refractivity contribution < 1.29 is 18.0 Å². The minimum atomic E-state index is -1.13. The molecule has 0 radical (unpaired) electrons. The Kier molecular flexibility index (Phi) is 6.40. The molecule has 1 aromatic carbocycles. The molecule has 0 unspecified atom stereocenters. The van der Waals surface area contributed by atoms with Gasteiger partial charge in [-0.05, 0) is 45.2 Å². The molecular weight excluding hydrogens is 395 g/mol.